The summed E-state index contributed by atoms with van der Waals surface area (Å²) >= 11 is 18.1. The van der Waals surface area contributed by atoms with Gasteiger partial charge in [0.05, 0.1) is 21.9 Å². The van der Waals surface area contributed by atoms with Gasteiger partial charge in [0.25, 0.3) is 0 Å². The van der Waals surface area contributed by atoms with Gasteiger partial charge in [0.15, 0.2) is 0 Å². The average Bonchev–Trinajstić information content (AvgIpc) is 2.89. The quantitative estimate of drug-likeness (QED) is 0.645. The first-order chi connectivity index (χ1) is 11.0. The van der Waals surface area contributed by atoms with E-state index < -0.39 is 0 Å². The molecule has 0 unspecified atom stereocenters. The number of nitrogens with zero attached hydrogens (tertiary/aromatic N) is 2. The van der Waals surface area contributed by atoms with Gasteiger partial charge in [-0.15, -0.1) is 0 Å². The Balaban J connectivity index is 1.80. The maximum Gasteiger partial charge on any atom is 0.203 e. The Hall–Kier alpha value is -1.68. The SMILES string of the molecule is Cn1c(-c2ccc(Cl)c(Cl)c2)cnc1NCc1cccc(Cl)c1. The molecular weight excluding hydrogens is 353 g/mol. The van der Waals surface area contributed by atoms with Gasteiger partial charge in [-0.3, -0.25) is 0 Å². The number of benzene rings is 2. The Morgan fingerprint density at radius 1 is 1.04 bits per heavy atom. The Morgan fingerprint density at radius 3 is 2.61 bits per heavy atom. The van der Waals surface area contributed by atoms with E-state index in [1.165, 1.54) is 0 Å². The van der Waals surface area contributed by atoms with E-state index in [0.29, 0.717) is 16.6 Å². The fraction of sp³-hybridized carbons (Fsp3) is 0.118. The van der Waals surface area contributed by atoms with Gasteiger partial charge < -0.3 is 9.88 Å². The molecule has 0 aliphatic carbocycles. The highest BCUT2D eigenvalue weighted by molar-refractivity contribution is 6.42. The van der Waals surface area contributed by atoms with E-state index >= 15 is 0 Å². The second-order valence-corrected chi connectivity index (χ2v) is 6.39. The van der Waals surface area contributed by atoms with Crippen LogP contribution in [0.1, 0.15) is 5.56 Å². The summed E-state index contributed by atoms with van der Waals surface area (Å²) in [5, 5.41) is 5.10. The second-order valence-electron chi connectivity index (χ2n) is 5.14. The van der Waals surface area contributed by atoms with Crippen molar-refractivity contribution in [3.63, 3.8) is 0 Å². The first-order valence-corrected chi connectivity index (χ1v) is 8.13. The zero-order valence-electron chi connectivity index (χ0n) is 12.4. The smallest absolute Gasteiger partial charge is 0.203 e. The van der Waals surface area contributed by atoms with Crippen LogP contribution in [-0.4, -0.2) is 9.55 Å². The minimum absolute atomic E-state index is 0.527. The van der Waals surface area contributed by atoms with Gasteiger partial charge in [-0.25, -0.2) is 4.98 Å². The molecule has 0 radical (unpaired) electrons. The monoisotopic (exact) mass is 365 g/mol. The van der Waals surface area contributed by atoms with Crippen molar-refractivity contribution >= 4 is 40.8 Å². The Morgan fingerprint density at radius 2 is 1.87 bits per heavy atom. The van der Waals surface area contributed by atoms with Gasteiger partial charge in [-0.2, -0.15) is 0 Å². The lowest BCUT2D eigenvalue weighted by atomic mass is 10.2. The van der Waals surface area contributed by atoms with Crippen LogP contribution in [0.15, 0.2) is 48.7 Å². The number of halogens is 3. The molecule has 118 valence electrons. The van der Waals surface area contributed by atoms with E-state index in [4.69, 9.17) is 34.8 Å². The zero-order valence-corrected chi connectivity index (χ0v) is 14.6. The van der Waals surface area contributed by atoms with E-state index in [1.54, 1.807) is 12.3 Å². The molecule has 0 spiro atoms. The third-order valence-corrected chi connectivity index (χ3v) is 4.52. The molecule has 6 heteroatoms. The highest BCUT2D eigenvalue weighted by Gasteiger charge is 2.10. The molecule has 1 N–H and O–H groups in total. The topological polar surface area (TPSA) is 29.9 Å². The number of imidazole rings is 1. The minimum Gasteiger partial charge on any atom is -0.352 e. The summed E-state index contributed by atoms with van der Waals surface area (Å²) in [6.07, 6.45) is 1.81. The molecule has 0 saturated carbocycles. The standard InChI is InChI=1S/C17H14Cl3N3/c1-23-16(12-5-6-14(19)15(20)8-12)10-22-17(23)21-9-11-3-2-4-13(18)7-11/h2-8,10H,9H2,1H3,(H,21,22). The third kappa shape index (κ3) is 3.63. The predicted molar refractivity (Wildman–Crippen MR) is 97.4 cm³/mol. The Bertz CT molecular complexity index is 843. The van der Waals surface area contributed by atoms with Gasteiger partial charge in [0.1, 0.15) is 0 Å². The van der Waals surface area contributed by atoms with Crippen LogP contribution in [-0.2, 0) is 13.6 Å². The number of anilines is 1. The third-order valence-electron chi connectivity index (χ3n) is 3.54. The van der Waals surface area contributed by atoms with Gasteiger partial charge in [0.2, 0.25) is 5.95 Å². The van der Waals surface area contributed by atoms with Crippen LogP contribution in [0, 0.1) is 0 Å². The fourth-order valence-electron chi connectivity index (χ4n) is 2.33. The zero-order chi connectivity index (χ0) is 16.4. The van der Waals surface area contributed by atoms with Crippen LogP contribution in [0.3, 0.4) is 0 Å². The van der Waals surface area contributed by atoms with Crippen LogP contribution in [0.2, 0.25) is 15.1 Å². The van der Waals surface area contributed by atoms with Crippen LogP contribution in [0.4, 0.5) is 5.95 Å². The lowest BCUT2D eigenvalue weighted by Crippen LogP contribution is -2.05. The molecule has 3 nitrogen and oxygen atoms in total. The molecule has 0 saturated heterocycles. The molecule has 0 fully saturated rings. The highest BCUT2D eigenvalue weighted by Crippen LogP contribution is 2.29. The number of hydrogen-bond donors (Lipinski definition) is 1. The first kappa shape index (κ1) is 16.2. The summed E-state index contributed by atoms with van der Waals surface area (Å²) in [5.41, 5.74) is 3.01. The molecule has 1 aromatic heterocycles. The summed E-state index contributed by atoms with van der Waals surface area (Å²) in [6.45, 7) is 0.645. The molecule has 23 heavy (non-hydrogen) atoms. The number of nitrogens with one attached hydrogen (secondary N) is 1. The summed E-state index contributed by atoms with van der Waals surface area (Å²) in [4.78, 5) is 4.42. The van der Waals surface area contributed by atoms with E-state index in [1.807, 2.05) is 48.0 Å². The van der Waals surface area contributed by atoms with E-state index in [2.05, 4.69) is 10.3 Å². The van der Waals surface area contributed by atoms with Crippen molar-refractivity contribution in [3.8, 4) is 11.3 Å². The molecule has 0 aliphatic rings. The van der Waals surface area contributed by atoms with Gasteiger partial charge in [-0.1, -0.05) is 53.0 Å². The van der Waals surface area contributed by atoms with Crippen molar-refractivity contribution in [2.45, 2.75) is 6.54 Å². The number of rotatable bonds is 4. The number of hydrogen-bond acceptors (Lipinski definition) is 2. The number of aromatic nitrogens is 2. The van der Waals surface area contributed by atoms with Crippen molar-refractivity contribution in [2.75, 3.05) is 5.32 Å². The maximum absolute atomic E-state index is 6.09. The molecule has 0 amide bonds. The van der Waals surface area contributed by atoms with Crippen LogP contribution < -0.4 is 5.32 Å². The highest BCUT2D eigenvalue weighted by atomic mass is 35.5. The molecule has 3 rings (SSSR count). The van der Waals surface area contributed by atoms with Gasteiger partial charge in [-0.05, 0) is 29.8 Å². The molecular formula is C17H14Cl3N3. The average molecular weight is 367 g/mol. The van der Waals surface area contributed by atoms with Gasteiger partial charge in [0, 0.05) is 24.2 Å². The van der Waals surface area contributed by atoms with E-state index in [9.17, 15) is 0 Å². The van der Waals surface area contributed by atoms with Crippen molar-refractivity contribution in [3.05, 3.63) is 69.3 Å². The van der Waals surface area contributed by atoms with Crippen molar-refractivity contribution in [1.82, 2.24) is 9.55 Å². The van der Waals surface area contributed by atoms with Crippen LogP contribution in [0.25, 0.3) is 11.3 Å². The molecule has 0 bridgehead atoms. The summed E-state index contributed by atoms with van der Waals surface area (Å²) in [7, 11) is 1.95. The Labute approximate surface area is 149 Å². The van der Waals surface area contributed by atoms with Crippen LogP contribution >= 0.6 is 34.8 Å². The van der Waals surface area contributed by atoms with Crippen LogP contribution in [0.5, 0.6) is 0 Å². The molecule has 3 aromatic rings. The largest absolute Gasteiger partial charge is 0.352 e. The summed E-state index contributed by atoms with van der Waals surface area (Å²) in [5.74, 6) is 0.769. The van der Waals surface area contributed by atoms with E-state index in [-0.39, 0.29) is 0 Å². The Kier molecular flexibility index (Phi) is 4.81. The molecule has 0 aliphatic heterocycles. The van der Waals surface area contributed by atoms with E-state index in [0.717, 1.165) is 27.8 Å². The first-order valence-electron chi connectivity index (χ1n) is 7.00. The lowest BCUT2D eigenvalue weighted by Gasteiger charge is -2.09. The molecule has 1 heterocycles. The minimum atomic E-state index is 0.527. The lowest BCUT2D eigenvalue weighted by molar-refractivity contribution is 0.907. The normalized spacial score (nSPS) is 10.8. The summed E-state index contributed by atoms with van der Waals surface area (Å²) in [6, 6.07) is 13.3. The van der Waals surface area contributed by atoms with Crippen molar-refractivity contribution in [2.24, 2.45) is 7.05 Å². The summed E-state index contributed by atoms with van der Waals surface area (Å²) < 4.78 is 1.98. The molecule has 0 atom stereocenters. The molecule has 2 aromatic carbocycles. The van der Waals surface area contributed by atoms with Gasteiger partial charge >= 0.3 is 0 Å². The second kappa shape index (κ2) is 6.83. The fourth-order valence-corrected chi connectivity index (χ4v) is 2.84. The predicted octanol–water partition coefficient (Wildman–Crippen LogP) is 5.66. The van der Waals surface area contributed by atoms with Crippen molar-refractivity contribution in [1.29, 1.82) is 0 Å². The maximum atomic E-state index is 6.09. The van der Waals surface area contributed by atoms with Crippen molar-refractivity contribution < 1.29 is 0 Å².